The number of ether oxygens (including phenoxy) is 2. The van der Waals surface area contributed by atoms with Crippen LogP contribution in [0, 0.1) is 10.1 Å². The molecule has 0 heterocycles. The molecule has 0 fully saturated rings. The molecule has 8 nitrogen and oxygen atoms in total. The molecule has 0 radical (unpaired) electrons. The van der Waals surface area contributed by atoms with Crippen LogP contribution in [-0.2, 0) is 6.54 Å². The van der Waals surface area contributed by atoms with Crippen molar-refractivity contribution < 1.29 is 14.4 Å². The van der Waals surface area contributed by atoms with Crippen molar-refractivity contribution in [3.05, 3.63) is 64.2 Å². The molecule has 0 amide bonds. The Labute approximate surface area is 181 Å². The summed E-state index contributed by atoms with van der Waals surface area (Å²) in [5.41, 5.74) is 0.664. The van der Waals surface area contributed by atoms with Gasteiger partial charge in [0.05, 0.1) is 18.6 Å². The summed E-state index contributed by atoms with van der Waals surface area (Å²) < 4.78 is 11.2. The monoisotopic (exact) mass is 500 g/mol. The van der Waals surface area contributed by atoms with Gasteiger partial charge < -0.3 is 20.1 Å². The molecule has 2 N–H and O–H groups in total. The number of para-hydroxylation sites is 3. The predicted octanol–water partition coefficient (Wildman–Crippen LogP) is 3.35. The van der Waals surface area contributed by atoms with E-state index in [0.717, 1.165) is 0 Å². The van der Waals surface area contributed by atoms with Crippen molar-refractivity contribution in [2.45, 2.75) is 19.6 Å². The van der Waals surface area contributed by atoms with E-state index < -0.39 is 4.92 Å². The molecule has 0 aromatic heterocycles. The van der Waals surface area contributed by atoms with Gasteiger partial charge in [-0.3, -0.25) is 15.1 Å². The number of rotatable bonds is 8. The van der Waals surface area contributed by atoms with E-state index >= 15 is 0 Å². The smallest absolute Gasteiger partial charge is 0.274 e. The molecule has 0 aliphatic rings. The summed E-state index contributed by atoms with van der Waals surface area (Å²) in [5.74, 6) is 1.86. The van der Waals surface area contributed by atoms with Crippen molar-refractivity contribution in [2.24, 2.45) is 4.99 Å². The molecular formula is C19H25IN4O4. The van der Waals surface area contributed by atoms with Gasteiger partial charge in [0.1, 0.15) is 6.10 Å². The minimum atomic E-state index is -0.392. The molecule has 0 bridgehead atoms. The lowest BCUT2D eigenvalue weighted by Crippen LogP contribution is -2.41. The zero-order chi connectivity index (χ0) is 19.6. The number of nitro benzene ring substituents is 1. The van der Waals surface area contributed by atoms with Gasteiger partial charge in [0.2, 0.25) is 0 Å². The summed E-state index contributed by atoms with van der Waals surface area (Å²) in [6.07, 6.45) is -0.147. The first-order valence-electron chi connectivity index (χ1n) is 8.51. The number of nitro groups is 1. The van der Waals surface area contributed by atoms with Crippen LogP contribution < -0.4 is 20.1 Å². The first kappa shape index (κ1) is 23.5. The first-order valence-corrected chi connectivity index (χ1v) is 8.51. The van der Waals surface area contributed by atoms with Crippen molar-refractivity contribution in [3.8, 4) is 11.5 Å². The zero-order valence-corrected chi connectivity index (χ0v) is 18.4. The van der Waals surface area contributed by atoms with Gasteiger partial charge in [0.15, 0.2) is 17.5 Å². The van der Waals surface area contributed by atoms with Gasteiger partial charge in [0.25, 0.3) is 5.69 Å². The number of guanidine groups is 1. The fourth-order valence-electron chi connectivity index (χ4n) is 2.45. The van der Waals surface area contributed by atoms with Gasteiger partial charge in [-0.1, -0.05) is 30.3 Å². The minimum Gasteiger partial charge on any atom is -0.493 e. The molecule has 1 atom stereocenters. The average molecular weight is 500 g/mol. The van der Waals surface area contributed by atoms with Gasteiger partial charge in [0, 0.05) is 25.2 Å². The summed E-state index contributed by atoms with van der Waals surface area (Å²) in [5, 5.41) is 17.3. The molecule has 0 spiro atoms. The molecule has 9 heteroatoms. The van der Waals surface area contributed by atoms with Crippen LogP contribution in [-0.4, -0.2) is 37.7 Å². The quantitative estimate of drug-likeness (QED) is 0.190. The SMILES string of the molecule is CN=C(NCc1ccccc1[N+](=O)[O-])NCC(C)Oc1ccccc1OC.I. The minimum absolute atomic E-state index is 0. The van der Waals surface area contributed by atoms with Crippen LogP contribution >= 0.6 is 24.0 Å². The summed E-state index contributed by atoms with van der Waals surface area (Å²) in [6.45, 7) is 2.71. The molecular weight excluding hydrogens is 475 g/mol. The number of halogens is 1. The third-order valence-electron chi connectivity index (χ3n) is 3.81. The topological polar surface area (TPSA) is 98.0 Å². The second-order valence-electron chi connectivity index (χ2n) is 5.77. The largest absolute Gasteiger partial charge is 0.493 e. The van der Waals surface area contributed by atoms with Crippen LogP contribution in [0.5, 0.6) is 11.5 Å². The van der Waals surface area contributed by atoms with Gasteiger partial charge in [-0.2, -0.15) is 0 Å². The molecule has 0 aliphatic heterocycles. The molecule has 2 aromatic carbocycles. The Hall–Kier alpha value is -2.56. The lowest BCUT2D eigenvalue weighted by Gasteiger charge is -2.19. The molecule has 0 saturated carbocycles. The lowest BCUT2D eigenvalue weighted by atomic mass is 10.2. The predicted molar refractivity (Wildman–Crippen MR) is 120 cm³/mol. The van der Waals surface area contributed by atoms with Gasteiger partial charge in [-0.05, 0) is 19.1 Å². The number of hydrogen-bond acceptors (Lipinski definition) is 5. The third-order valence-corrected chi connectivity index (χ3v) is 3.81. The summed E-state index contributed by atoms with van der Waals surface area (Å²) in [7, 11) is 3.24. The average Bonchev–Trinajstić information content (AvgIpc) is 2.68. The van der Waals surface area contributed by atoms with E-state index in [4.69, 9.17) is 9.47 Å². The highest BCUT2D eigenvalue weighted by molar-refractivity contribution is 14.0. The highest BCUT2D eigenvalue weighted by Crippen LogP contribution is 2.26. The van der Waals surface area contributed by atoms with Crippen molar-refractivity contribution in [1.82, 2.24) is 10.6 Å². The van der Waals surface area contributed by atoms with Crippen LogP contribution in [0.25, 0.3) is 0 Å². The second kappa shape index (κ2) is 12.0. The van der Waals surface area contributed by atoms with Crippen molar-refractivity contribution in [2.75, 3.05) is 20.7 Å². The van der Waals surface area contributed by atoms with E-state index in [1.165, 1.54) is 6.07 Å². The lowest BCUT2D eigenvalue weighted by molar-refractivity contribution is -0.385. The van der Waals surface area contributed by atoms with Crippen molar-refractivity contribution in [3.63, 3.8) is 0 Å². The number of aliphatic imine (C=N–C) groups is 1. The molecule has 2 aromatic rings. The number of benzene rings is 2. The van der Waals surface area contributed by atoms with Gasteiger partial charge in [-0.25, -0.2) is 0 Å². The van der Waals surface area contributed by atoms with Crippen molar-refractivity contribution in [1.29, 1.82) is 0 Å². The Balaban J connectivity index is 0.00000392. The van der Waals surface area contributed by atoms with Crippen molar-refractivity contribution >= 4 is 35.6 Å². The maximum Gasteiger partial charge on any atom is 0.274 e. The fourth-order valence-corrected chi connectivity index (χ4v) is 2.45. The van der Waals surface area contributed by atoms with Crippen LogP contribution in [0.2, 0.25) is 0 Å². The van der Waals surface area contributed by atoms with Crippen LogP contribution in [0.1, 0.15) is 12.5 Å². The van der Waals surface area contributed by atoms with Gasteiger partial charge in [-0.15, -0.1) is 24.0 Å². The number of hydrogen-bond donors (Lipinski definition) is 2. The van der Waals surface area contributed by atoms with E-state index in [9.17, 15) is 10.1 Å². The van der Waals surface area contributed by atoms with Crippen LogP contribution in [0.4, 0.5) is 5.69 Å². The molecule has 0 saturated heterocycles. The Kier molecular flexibility index (Phi) is 10.1. The highest BCUT2D eigenvalue weighted by Gasteiger charge is 2.13. The second-order valence-corrected chi connectivity index (χ2v) is 5.77. The maximum absolute atomic E-state index is 11.1. The number of nitrogens with zero attached hydrogens (tertiary/aromatic N) is 2. The van der Waals surface area contributed by atoms with E-state index in [1.54, 1.807) is 32.4 Å². The standard InChI is InChI=1S/C19H24N4O4.HI/c1-14(27-18-11-7-6-10-17(18)26-3)12-21-19(20-2)22-13-15-8-4-5-9-16(15)23(24)25;/h4-11,14H,12-13H2,1-3H3,(H2,20,21,22);1H. The fraction of sp³-hybridized carbons (Fsp3) is 0.316. The Morgan fingerprint density at radius 3 is 2.43 bits per heavy atom. The molecule has 0 aliphatic carbocycles. The summed E-state index contributed by atoms with van der Waals surface area (Å²) >= 11 is 0. The van der Waals surface area contributed by atoms with E-state index in [2.05, 4.69) is 15.6 Å². The molecule has 152 valence electrons. The summed E-state index contributed by atoms with van der Waals surface area (Å²) in [4.78, 5) is 14.8. The molecule has 2 rings (SSSR count). The molecule has 1 unspecified atom stereocenters. The summed E-state index contributed by atoms with van der Waals surface area (Å²) in [6, 6.07) is 14.0. The maximum atomic E-state index is 11.1. The number of methoxy groups -OCH3 is 1. The Morgan fingerprint density at radius 2 is 1.79 bits per heavy atom. The molecule has 28 heavy (non-hydrogen) atoms. The number of nitrogens with one attached hydrogen (secondary N) is 2. The zero-order valence-electron chi connectivity index (χ0n) is 16.0. The van der Waals surface area contributed by atoms with Crippen LogP contribution in [0.15, 0.2) is 53.5 Å². The van der Waals surface area contributed by atoms with E-state index in [0.29, 0.717) is 36.1 Å². The first-order chi connectivity index (χ1) is 13.0. The van der Waals surface area contributed by atoms with Gasteiger partial charge >= 0.3 is 0 Å². The normalized spacial score (nSPS) is 11.8. The Bertz CT molecular complexity index is 801. The highest BCUT2D eigenvalue weighted by atomic mass is 127. The van der Waals surface area contributed by atoms with E-state index in [-0.39, 0.29) is 35.8 Å². The Morgan fingerprint density at radius 1 is 1.14 bits per heavy atom. The third kappa shape index (κ3) is 6.87. The van der Waals surface area contributed by atoms with E-state index in [1.807, 2.05) is 31.2 Å². The van der Waals surface area contributed by atoms with Crippen LogP contribution in [0.3, 0.4) is 0 Å².